The van der Waals surface area contributed by atoms with Crippen molar-refractivity contribution in [1.29, 1.82) is 0 Å². The number of carbonyl (C=O) groups excluding carboxylic acids is 1. The molecule has 0 aliphatic heterocycles. The molecule has 0 saturated carbocycles. The van der Waals surface area contributed by atoms with Gasteiger partial charge in [-0.3, -0.25) is 4.79 Å². The third-order valence-corrected chi connectivity index (χ3v) is 5.31. The molecule has 0 radical (unpaired) electrons. The number of benzene rings is 2. The number of rotatable bonds is 5. The van der Waals surface area contributed by atoms with E-state index < -0.39 is 0 Å². The van der Waals surface area contributed by atoms with Crippen molar-refractivity contribution in [3.63, 3.8) is 0 Å². The third kappa shape index (κ3) is 4.33. The van der Waals surface area contributed by atoms with Crippen molar-refractivity contribution in [2.24, 2.45) is 0 Å². The number of anilines is 1. The van der Waals surface area contributed by atoms with E-state index in [-0.39, 0.29) is 5.91 Å². The summed E-state index contributed by atoms with van der Waals surface area (Å²) in [5, 5.41) is 4.97. The second-order valence-electron chi connectivity index (χ2n) is 6.63. The molecule has 0 aliphatic carbocycles. The van der Waals surface area contributed by atoms with E-state index >= 15 is 0 Å². The Morgan fingerprint density at radius 3 is 2.50 bits per heavy atom. The van der Waals surface area contributed by atoms with Gasteiger partial charge in [0.05, 0.1) is 4.88 Å². The van der Waals surface area contributed by atoms with Crippen LogP contribution in [0.1, 0.15) is 37.5 Å². The highest BCUT2D eigenvalue weighted by Gasteiger charge is 2.12. The normalized spacial score (nSPS) is 10.6. The van der Waals surface area contributed by atoms with Gasteiger partial charge in [0, 0.05) is 11.3 Å². The van der Waals surface area contributed by atoms with Crippen LogP contribution in [0.3, 0.4) is 0 Å². The molecular weight excluding hydrogens is 342 g/mol. The molecule has 2 aromatic carbocycles. The van der Waals surface area contributed by atoms with E-state index in [0.29, 0.717) is 11.5 Å². The Labute approximate surface area is 158 Å². The standard InChI is InChI=1S/C22H23NO2S/c1-14-8-15(2)10-19(9-14)25-12-18-11-21(26-13-18)22(24)23-20-7-5-6-16(3)17(20)4/h5-11,13H,12H2,1-4H3,(H,23,24). The first-order chi connectivity index (χ1) is 12.4. The maximum absolute atomic E-state index is 12.5. The summed E-state index contributed by atoms with van der Waals surface area (Å²) in [5.41, 5.74) is 6.47. The SMILES string of the molecule is Cc1cc(C)cc(OCc2csc(C(=O)Nc3cccc(C)c3C)c2)c1. The van der Waals surface area contributed by atoms with E-state index in [1.54, 1.807) is 0 Å². The summed E-state index contributed by atoms with van der Waals surface area (Å²) in [6.45, 7) is 8.62. The lowest BCUT2D eigenvalue weighted by molar-refractivity contribution is 0.103. The van der Waals surface area contributed by atoms with Gasteiger partial charge in [-0.15, -0.1) is 11.3 Å². The summed E-state index contributed by atoms with van der Waals surface area (Å²) < 4.78 is 5.87. The molecule has 1 N–H and O–H groups in total. The summed E-state index contributed by atoms with van der Waals surface area (Å²) in [7, 11) is 0. The van der Waals surface area contributed by atoms with E-state index in [1.165, 1.54) is 22.5 Å². The Balaban J connectivity index is 1.65. The van der Waals surface area contributed by atoms with Crippen LogP contribution in [0.25, 0.3) is 0 Å². The molecule has 0 saturated heterocycles. The average molecular weight is 365 g/mol. The molecule has 3 nitrogen and oxygen atoms in total. The Bertz CT molecular complexity index is 923. The zero-order valence-electron chi connectivity index (χ0n) is 15.6. The highest BCUT2D eigenvalue weighted by molar-refractivity contribution is 7.12. The van der Waals surface area contributed by atoms with Crippen molar-refractivity contribution in [1.82, 2.24) is 0 Å². The number of hydrogen-bond donors (Lipinski definition) is 1. The van der Waals surface area contributed by atoms with Crippen LogP contribution < -0.4 is 10.1 Å². The van der Waals surface area contributed by atoms with Crippen LogP contribution in [0.15, 0.2) is 47.8 Å². The Hall–Kier alpha value is -2.59. The van der Waals surface area contributed by atoms with Gasteiger partial charge in [0.15, 0.2) is 0 Å². The summed E-state index contributed by atoms with van der Waals surface area (Å²) in [6, 6.07) is 14.0. The Kier molecular flexibility index (Phi) is 5.43. The van der Waals surface area contributed by atoms with E-state index in [1.807, 2.05) is 55.6 Å². The second-order valence-corrected chi connectivity index (χ2v) is 7.54. The van der Waals surface area contributed by atoms with Gasteiger partial charge >= 0.3 is 0 Å². The van der Waals surface area contributed by atoms with Crippen LogP contribution in [0, 0.1) is 27.7 Å². The van der Waals surface area contributed by atoms with Crippen molar-refractivity contribution in [3.8, 4) is 5.75 Å². The molecule has 0 aliphatic rings. The molecule has 0 unspecified atom stereocenters. The average Bonchev–Trinajstić information content (AvgIpc) is 3.05. The first-order valence-electron chi connectivity index (χ1n) is 8.58. The molecule has 3 rings (SSSR count). The fourth-order valence-corrected chi connectivity index (χ4v) is 3.62. The molecule has 26 heavy (non-hydrogen) atoms. The lowest BCUT2D eigenvalue weighted by atomic mass is 10.1. The van der Waals surface area contributed by atoms with Crippen LogP contribution in [0.2, 0.25) is 0 Å². The lowest BCUT2D eigenvalue weighted by Crippen LogP contribution is -2.11. The monoisotopic (exact) mass is 365 g/mol. The number of thiophene rings is 1. The van der Waals surface area contributed by atoms with Gasteiger partial charge < -0.3 is 10.1 Å². The molecule has 134 valence electrons. The van der Waals surface area contributed by atoms with Crippen molar-refractivity contribution in [3.05, 3.63) is 80.5 Å². The van der Waals surface area contributed by atoms with Gasteiger partial charge in [-0.05, 0) is 79.6 Å². The summed E-state index contributed by atoms with van der Waals surface area (Å²) >= 11 is 1.44. The number of carbonyl (C=O) groups is 1. The number of hydrogen-bond acceptors (Lipinski definition) is 3. The third-order valence-electron chi connectivity index (χ3n) is 4.33. The van der Waals surface area contributed by atoms with Crippen molar-refractivity contribution in [2.75, 3.05) is 5.32 Å². The Morgan fingerprint density at radius 2 is 1.77 bits per heavy atom. The molecule has 0 fully saturated rings. The molecule has 0 bridgehead atoms. The molecule has 1 amide bonds. The molecule has 0 spiro atoms. The maximum Gasteiger partial charge on any atom is 0.265 e. The van der Waals surface area contributed by atoms with Crippen LogP contribution in [0.5, 0.6) is 5.75 Å². The minimum absolute atomic E-state index is 0.0821. The molecule has 4 heteroatoms. The van der Waals surface area contributed by atoms with E-state index in [2.05, 4.69) is 25.2 Å². The predicted octanol–water partition coefficient (Wildman–Crippen LogP) is 5.81. The lowest BCUT2D eigenvalue weighted by Gasteiger charge is -2.09. The first-order valence-corrected chi connectivity index (χ1v) is 9.46. The molecular formula is C22H23NO2S. The van der Waals surface area contributed by atoms with Gasteiger partial charge in [0.2, 0.25) is 0 Å². The van der Waals surface area contributed by atoms with Crippen LogP contribution in [0.4, 0.5) is 5.69 Å². The summed E-state index contributed by atoms with van der Waals surface area (Å²) in [4.78, 5) is 13.2. The van der Waals surface area contributed by atoms with E-state index in [4.69, 9.17) is 4.74 Å². The van der Waals surface area contributed by atoms with Crippen LogP contribution in [-0.2, 0) is 6.61 Å². The topological polar surface area (TPSA) is 38.3 Å². The van der Waals surface area contributed by atoms with Gasteiger partial charge in [-0.25, -0.2) is 0 Å². The smallest absolute Gasteiger partial charge is 0.265 e. The minimum atomic E-state index is -0.0821. The summed E-state index contributed by atoms with van der Waals surface area (Å²) in [5.74, 6) is 0.774. The number of ether oxygens (including phenoxy) is 1. The van der Waals surface area contributed by atoms with Gasteiger partial charge in [-0.1, -0.05) is 18.2 Å². The minimum Gasteiger partial charge on any atom is -0.489 e. The largest absolute Gasteiger partial charge is 0.489 e. The van der Waals surface area contributed by atoms with Gasteiger partial charge in [-0.2, -0.15) is 0 Å². The van der Waals surface area contributed by atoms with Crippen LogP contribution in [-0.4, -0.2) is 5.91 Å². The first kappa shape index (κ1) is 18.2. The number of aryl methyl sites for hydroxylation is 3. The zero-order chi connectivity index (χ0) is 18.7. The zero-order valence-corrected chi connectivity index (χ0v) is 16.4. The van der Waals surface area contributed by atoms with Crippen molar-refractivity contribution < 1.29 is 9.53 Å². The van der Waals surface area contributed by atoms with E-state index in [9.17, 15) is 4.79 Å². The molecule has 1 aromatic heterocycles. The maximum atomic E-state index is 12.5. The molecule has 3 aromatic rings. The number of nitrogens with one attached hydrogen (secondary N) is 1. The van der Waals surface area contributed by atoms with Crippen molar-refractivity contribution in [2.45, 2.75) is 34.3 Å². The van der Waals surface area contributed by atoms with E-state index in [0.717, 1.165) is 28.1 Å². The Morgan fingerprint density at radius 1 is 1.04 bits per heavy atom. The fraction of sp³-hybridized carbons (Fsp3) is 0.227. The van der Waals surface area contributed by atoms with Gasteiger partial charge in [0.25, 0.3) is 5.91 Å². The number of amides is 1. The predicted molar refractivity (Wildman–Crippen MR) is 108 cm³/mol. The highest BCUT2D eigenvalue weighted by Crippen LogP contribution is 2.23. The second kappa shape index (κ2) is 7.75. The quantitative estimate of drug-likeness (QED) is 0.619. The molecule has 1 heterocycles. The fourth-order valence-electron chi connectivity index (χ4n) is 2.82. The van der Waals surface area contributed by atoms with Gasteiger partial charge in [0.1, 0.15) is 12.4 Å². The molecule has 0 atom stereocenters. The highest BCUT2D eigenvalue weighted by atomic mass is 32.1. The van der Waals surface area contributed by atoms with Crippen LogP contribution >= 0.6 is 11.3 Å². The van der Waals surface area contributed by atoms with Crippen molar-refractivity contribution >= 4 is 22.9 Å². The summed E-state index contributed by atoms with van der Waals surface area (Å²) in [6.07, 6.45) is 0.